The van der Waals surface area contributed by atoms with Crippen LogP contribution in [0.3, 0.4) is 0 Å². The molecule has 1 aromatic carbocycles. The van der Waals surface area contributed by atoms with Gasteiger partial charge in [-0.2, -0.15) is 5.10 Å². The summed E-state index contributed by atoms with van der Waals surface area (Å²) >= 11 is 0. The van der Waals surface area contributed by atoms with Crippen molar-refractivity contribution >= 4 is 16.8 Å². The van der Waals surface area contributed by atoms with E-state index in [2.05, 4.69) is 64.8 Å². The van der Waals surface area contributed by atoms with E-state index in [-0.39, 0.29) is 5.91 Å². The van der Waals surface area contributed by atoms with Gasteiger partial charge >= 0.3 is 0 Å². The van der Waals surface area contributed by atoms with Crippen molar-refractivity contribution < 1.29 is 4.79 Å². The number of aryl methyl sites for hydroxylation is 2. The van der Waals surface area contributed by atoms with Gasteiger partial charge < -0.3 is 9.47 Å². The molecule has 0 N–H and O–H groups in total. The molecule has 0 aliphatic carbocycles. The second-order valence-corrected chi connectivity index (χ2v) is 10.1. The monoisotopic (exact) mass is 459 g/mol. The number of hydrogen-bond acceptors (Lipinski definition) is 3. The van der Waals surface area contributed by atoms with Crippen molar-refractivity contribution in [1.29, 1.82) is 0 Å². The Bertz CT molecular complexity index is 1210. The van der Waals surface area contributed by atoms with Gasteiger partial charge in [0.05, 0.1) is 11.4 Å². The first-order valence-corrected chi connectivity index (χ1v) is 12.8. The van der Waals surface area contributed by atoms with Crippen LogP contribution in [-0.2, 0) is 32.6 Å². The van der Waals surface area contributed by atoms with Crippen LogP contribution < -0.4 is 0 Å². The van der Waals surface area contributed by atoms with Crippen molar-refractivity contribution in [3.05, 3.63) is 65.1 Å². The van der Waals surface area contributed by atoms with E-state index < -0.39 is 0 Å². The van der Waals surface area contributed by atoms with Crippen LogP contribution in [0.1, 0.15) is 59.7 Å². The molecule has 34 heavy (non-hydrogen) atoms. The number of allylic oxidation sites excluding steroid dienone is 1. The van der Waals surface area contributed by atoms with Crippen LogP contribution in [0.4, 0.5) is 0 Å². The highest BCUT2D eigenvalue weighted by molar-refractivity contribution is 5.99. The summed E-state index contributed by atoms with van der Waals surface area (Å²) in [4.78, 5) is 17.9. The van der Waals surface area contributed by atoms with Crippen LogP contribution >= 0.6 is 0 Å². The maximum atomic E-state index is 13.3. The van der Waals surface area contributed by atoms with E-state index in [9.17, 15) is 4.79 Å². The number of carbonyl (C=O) groups is 1. The van der Waals surface area contributed by atoms with Crippen molar-refractivity contribution in [3.8, 4) is 0 Å². The van der Waals surface area contributed by atoms with Crippen LogP contribution in [0.2, 0.25) is 0 Å². The Hall–Kier alpha value is -2.86. The normalized spacial score (nSPS) is 17.3. The molecule has 1 fully saturated rings. The van der Waals surface area contributed by atoms with Crippen molar-refractivity contribution in [1.82, 2.24) is 24.1 Å². The minimum Gasteiger partial charge on any atom is -0.340 e. The molecule has 0 atom stereocenters. The molecule has 0 saturated carbocycles. The summed E-state index contributed by atoms with van der Waals surface area (Å²) in [5.74, 6) is 0.888. The van der Waals surface area contributed by atoms with Gasteiger partial charge in [-0.1, -0.05) is 13.0 Å². The molecule has 2 aromatic heterocycles. The smallest absolute Gasteiger partial charge is 0.253 e. The van der Waals surface area contributed by atoms with Crippen LogP contribution in [-0.4, -0.2) is 49.7 Å². The Labute approximate surface area is 202 Å². The number of rotatable bonds is 6. The fourth-order valence-corrected chi connectivity index (χ4v) is 5.74. The number of nitrogens with zero attached hydrogens (tertiary/aromatic N) is 5. The zero-order chi connectivity index (χ0) is 23.8. The van der Waals surface area contributed by atoms with Gasteiger partial charge in [0.25, 0.3) is 5.91 Å². The Morgan fingerprint density at radius 3 is 2.74 bits per heavy atom. The second kappa shape index (κ2) is 9.41. The summed E-state index contributed by atoms with van der Waals surface area (Å²) in [6.45, 7) is 16.7. The van der Waals surface area contributed by atoms with Gasteiger partial charge in [-0.15, -0.1) is 6.58 Å². The Kier molecular flexibility index (Phi) is 6.34. The number of likely N-dealkylation sites (tertiary alicyclic amines) is 1. The molecular weight excluding hydrogens is 422 g/mol. The minimum atomic E-state index is 0.175. The van der Waals surface area contributed by atoms with Crippen LogP contribution in [0.15, 0.2) is 36.9 Å². The van der Waals surface area contributed by atoms with E-state index >= 15 is 0 Å². The van der Waals surface area contributed by atoms with Gasteiger partial charge in [-0.25, -0.2) is 0 Å². The molecule has 5 rings (SSSR count). The molecule has 0 unspecified atom stereocenters. The summed E-state index contributed by atoms with van der Waals surface area (Å²) in [5, 5.41) is 5.85. The molecule has 180 valence electrons. The first-order valence-electron chi connectivity index (χ1n) is 12.8. The molecule has 2 aliphatic heterocycles. The molecule has 0 bridgehead atoms. The summed E-state index contributed by atoms with van der Waals surface area (Å²) in [7, 11) is 0. The number of aromatic nitrogens is 3. The molecule has 4 heterocycles. The van der Waals surface area contributed by atoms with Crippen LogP contribution in [0, 0.1) is 12.8 Å². The topological polar surface area (TPSA) is 46.3 Å². The number of carbonyl (C=O) groups excluding carboxylic acids is 1. The summed E-state index contributed by atoms with van der Waals surface area (Å²) < 4.78 is 4.51. The molecule has 6 heteroatoms. The first-order chi connectivity index (χ1) is 16.5. The van der Waals surface area contributed by atoms with Crippen LogP contribution in [0.5, 0.6) is 0 Å². The van der Waals surface area contributed by atoms with Gasteiger partial charge in [0.15, 0.2) is 0 Å². The summed E-state index contributed by atoms with van der Waals surface area (Å²) in [6, 6.07) is 8.53. The zero-order valence-corrected chi connectivity index (χ0v) is 20.9. The lowest BCUT2D eigenvalue weighted by Gasteiger charge is -2.30. The van der Waals surface area contributed by atoms with E-state index in [1.807, 2.05) is 17.0 Å². The quantitative estimate of drug-likeness (QED) is 0.498. The van der Waals surface area contributed by atoms with Gasteiger partial charge in [-0.3, -0.25) is 14.4 Å². The fraction of sp³-hybridized carbons (Fsp3) is 0.500. The van der Waals surface area contributed by atoms with E-state index in [0.717, 1.165) is 76.3 Å². The molecule has 6 nitrogen and oxygen atoms in total. The lowest BCUT2D eigenvalue weighted by atomic mass is 9.98. The minimum absolute atomic E-state index is 0.175. The highest BCUT2D eigenvalue weighted by Crippen LogP contribution is 2.33. The Balaban J connectivity index is 1.47. The average molecular weight is 460 g/mol. The second-order valence-electron chi connectivity index (χ2n) is 10.1. The van der Waals surface area contributed by atoms with Gasteiger partial charge in [0.1, 0.15) is 0 Å². The molecule has 0 spiro atoms. The first kappa shape index (κ1) is 22.9. The number of hydrogen-bond donors (Lipinski definition) is 0. The van der Waals surface area contributed by atoms with Gasteiger partial charge in [0.2, 0.25) is 0 Å². The average Bonchev–Trinajstić information content (AvgIpc) is 3.35. The maximum absolute atomic E-state index is 13.3. The van der Waals surface area contributed by atoms with Crippen molar-refractivity contribution in [2.24, 2.45) is 5.92 Å². The maximum Gasteiger partial charge on any atom is 0.253 e. The molecular formula is C28H37N5O. The lowest BCUT2D eigenvalue weighted by Crippen LogP contribution is -2.37. The van der Waals surface area contributed by atoms with Gasteiger partial charge in [-0.05, 0) is 62.4 Å². The third-order valence-electron chi connectivity index (χ3n) is 7.63. The Morgan fingerprint density at radius 2 is 2.00 bits per heavy atom. The highest BCUT2D eigenvalue weighted by Gasteiger charge is 2.27. The van der Waals surface area contributed by atoms with Crippen molar-refractivity contribution in [2.75, 3.05) is 19.6 Å². The largest absolute Gasteiger partial charge is 0.340 e. The van der Waals surface area contributed by atoms with E-state index in [0.29, 0.717) is 5.92 Å². The molecule has 2 aliphatic rings. The highest BCUT2D eigenvalue weighted by atomic mass is 16.2. The van der Waals surface area contributed by atoms with Crippen molar-refractivity contribution in [3.63, 3.8) is 0 Å². The standard InChI is InChI=1S/C28H37N5O/c1-5-12-32-26-8-7-22(28(34)31-14-9-20(3)10-15-31)17-24(26)25-19-30(13-11-27(25)32)18-23-16-21(4)29-33(23)6-2/h5,7-8,16-17,20H,1,6,9-15,18-19H2,2-4H3. The van der Waals surface area contributed by atoms with E-state index in [1.54, 1.807) is 0 Å². The molecule has 0 radical (unpaired) electrons. The molecule has 3 aromatic rings. The van der Waals surface area contributed by atoms with E-state index in [1.165, 1.54) is 27.9 Å². The zero-order valence-electron chi connectivity index (χ0n) is 20.9. The van der Waals surface area contributed by atoms with Gasteiger partial charge in [0, 0.05) is 74.4 Å². The summed E-state index contributed by atoms with van der Waals surface area (Å²) in [6.07, 6.45) is 5.18. The third-order valence-corrected chi connectivity index (χ3v) is 7.63. The number of amides is 1. The third kappa shape index (κ3) is 4.20. The van der Waals surface area contributed by atoms with E-state index in [4.69, 9.17) is 0 Å². The number of fused-ring (bicyclic) bond motifs is 3. The van der Waals surface area contributed by atoms with Crippen molar-refractivity contribution in [2.45, 2.75) is 66.2 Å². The lowest BCUT2D eigenvalue weighted by molar-refractivity contribution is 0.0697. The predicted molar refractivity (Wildman–Crippen MR) is 137 cm³/mol. The predicted octanol–water partition coefficient (Wildman–Crippen LogP) is 4.78. The number of piperidine rings is 1. The summed E-state index contributed by atoms with van der Waals surface area (Å²) in [5.41, 5.74) is 7.13. The Morgan fingerprint density at radius 1 is 1.21 bits per heavy atom. The number of benzene rings is 1. The molecule has 1 amide bonds. The SMILES string of the molecule is C=CCn1c2c(c3cc(C(=O)N4CCC(C)CC4)ccc31)CN(Cc1cc(C)nn1CC)CC2. The van der Waals surface area contributed by atoms with Crippen LogP contribution in [0.25, 0.3) is 10.9 Å². The molecule has 1 saturated heterocycles. The fourth-order valence-electron chi connectivity index (χ4n) is 5.74.